The van der Waals surface area contributed by atoms with Gasteiger partial charge in [0.05, 0.1) is 23.9 Å². The first-order valence-electron chi connectivity index (χ1n) is 9.55. The number of carbonyl (C=O) groups excluding carboxylic acids is 2. The van der Waals surface area contributed by atoms with Crippen molar-refractivity contribution in [3.8, 4) is 5.75 Å². The highest BCUT2D eigenvalue weighted by atomic mass is 16.5. The van der Waals surface area contributed by atoms with E-state index in [9.17, 15) is 9.59 Å². The van der Waals surface area contributed by atoms with Crippen LogP contribution < -0.4 is 10.1 Å². The molecule has 0 fully saturated rings. The molecule has 1 N–H and O–H groups in total. The highest BCUT2D eigenvalue weighted by molar-refractivity contribution is 6.43. The van der Waals surface area contributed by atoms with Crippen molar-refractivity contribution in [1.82, 2.24) is 15.1 Å². The van der Waals surface area contributed by atoms with Crippen LogP contribution in [0.1, 0.15) is 45.8 Å². The minimum atomic E-state index is -0.660. The number of nitrogens with zero attached hydrogens (tertiary/aromatic N) is 2. The molecule has 29 heavy (non-hydrogen) atoms. The number of aromatic nitrogens is 2. The number of Topliss-reactive ketones (excluding diaryl/α,β-unsaturated/α-hetero) is 1. The van der Waals surface area contributed by atoms with Crippen LogP contribution in [-0.4, -0.2) is 28.1 Å². The Balaban J connectivity index is 1.91. The third-order valence-corrected chi connectivity index (χ3v) is 4.88. The second-order valence-corrected chi connectivity index (χ2v) is 6.82. The van der Waals surface area contributed by atoms with Crippen molar-refractivity contribution in [3.63, 3.8) is 0 Å². The molecule has 1 atom stereocenters. The molecular weight excluding hydrogens is 366 g/mol. The standard InChI is InChI=1S/C23H25N3O3/c1-5-29-19-13-11-18(12-14-19)21(17-9-7-6-8-10-17)24-23(28)22(27)20-15(2)25-26(4)16(20)3/h6-14,21H,5H2,1-4H3,(H,24,28). The van der Waals surface area contributed by atoms with E-state index in [0.717, 1.165) is 16.9 Å². The largest absolute Gasteiger partial charge is 0.494 e. The number of aryl methyl sites for hydroxylation is 2. The van der Waals surface area contributed by atoms with E-state index >= 15 is 0 Å². The third kappa shape index (κ3) is 4.37. The maximum Gasteiger partial charge on any atom is 0.293 e. The van der Waals surface area contributed by atoms with Crippen molar-refractivity contribution in [2.45, 2.75) is 26.8 Å². The predicted octanol–water partition coefficient (Wildman–Crippen LogP) is 3.52. The Morgan fingerprint density at radius 1 is 1.03 bits per heavy atom. The maximum atomic E-state index is 12.9. The van der Waals surface area contributed by atoms with E-state index in [1.165, 1.54) is 0 Å². The lowest BCUT2D eigenvalue weighted by Crippen LogP contribution is -2.35. The van der Waals surface area contributed by atoms with Crippen molar-refractivity contribution >= 4 is 11.7 Å². The van der Waals surface area contributed by atoms with Gasteiger partial charge in [-0.3, -0.25) is 14.3 Å². The van der Waals surface area contributed by atoms with Gasteiger partial charge in [-0.15, -0.1) is 0 Å². The van der Waals surface area contributed by atoms with Gasteiger partial charge in [-0.2, -0.15) is 5.10 Å². The van der Waals surface area contributed by atoms with Crippen molar-refractivity contribution in [2.75, 3.05) is 6.61 Å². The number of hydrogen-bond acceptors (Lipinski definition) is 4. The minimum absolute atomic E-state index is 0.350. The molecule has 3 rings (SSSR count). The molecule has 0 aliphatic rings. The first-order chi connectivity index (χ1) is 13.9. The zero-order valence-corrected chi connectivity index (χ0v) is 17.1. The number of ketones is 1. The van der Waals surface area contributed by atoms with Crippen LogP contribution in [0.15, 0.2) is 54.6 Å². The number of nitrogens with one attached hydrogen (secondary N) is 1. The van der Waals surface area contributed by atoms with Gasteiger partial charge in [-0.05, 0) is 44.0 Å². The Morgan fingerprint density at radius 3 is 2.21 bits per heavy atom. The van der Waals surface area contributed by atoms with Gasteiger partial charge in [0, 0.05) is 12.7 Å². The summed E-state index contributed by atoms with van der Waals surface area (Å²) in [4.78, 5) is 25.7. The molecule has 2 aromatic carbocycles. The average molecular weight is 391 g/mol. The lowest BCUT2D eigenvalue weighted by molar-refractivity contribution is -0.117. The maximum absolute atomic E-state index is 12.9. The molecule has 1 amide bonds. The molecule has 0 saturated carbocycles. The van der Waals surface area contributed by atoms with E-state index in [4.69, 9.17) is 4.74 Å². The summed E-state index contributed by atoms with van der Waals surface area (Å²) in [7, 11) is 1.75. The van der Waals surface area contributed by atoms with Crippen LogP contribution >= 0.6 is 0 Å². The molecule has 1 unspecified atom stereocenters. The highest BCUT2D eigenvalue weighted by Gasteiger charge is 2.27. The fraction of sp³-hybridized carbons (Fsp3) is 0.261. The number of amides is 1. The van der Waals surface area contributed by atoms with Crippen molar-refractivity contribution in [3.05, 3.63) is 82.7 Å². The van der Waals surface area contributed by atoms with Crippen molar-refractivity contribution < 1.29 is 14.3 Å². The highest BCUT2D eigenvalue weighted by Crippen LogP contribution is 2.25. The van der Waals surface area contributed by atoms with Gasteiger partial charge in [0.15, 0.2) is 0 Å². The second-order valence-electron chi connectivity index (χ2n) is 6.82. The lowest BCUT2D eigenvalue weighted by Gasteiger charge is -2.20. The van der Waals surface area contributed by atoms with E-state index in [1.807, 2.05) is 61.5 Å². The summed E-state index contributed by atoms with van der Waals surface area (Å²) in [6.07, 6.45) is 0. The average Bonchev–Trinajstić information content (AvgIpc) is 2.98. The predicted molar refractivity (Wildman–Crippen MR) is 111 cm³/mol. The Labute approximate surface area is 170 Å². The fourth-order valence-corrected chi connectivity index (χ4v) is 3.34. The van der Waals surface area contributed by atoms with Crippen LogP contribution in [-0.2, 0) is 11.8 Å². The first kappa shape index (κ1) is 20.3. The summed E-state index contributed by atoms with van der Waals surface area (Å²) < 4.78 is 7.11. The summed E-state index contributed by atoms with van der Waals surface area (Å²) in [6, 6.07) is 16.6. The van der Waals surface area contributed by atoms with E-state index in [2.05, 4.69) is 10.4 Å². The Kier molecular flexibility index (Phi) is 6.12. The van der Waals surface area contributed by atoms with Gasteiger partial charge in [0.2, 0.25) is 0 Å². The van der Waals surface area contributed by atoms with Gasteiger partial charge in [-0.1, -0.05) is 42.5 Å². The lowest BCUT2D eigenvalue weighted by atomic mass is 9.98. The Morgan fingerprint density at radius 2 is 1.66 bits per heavy atom. The molecule has 3 aromatic rings. The van der Waals surface area contributed by atoms with Gasteiger partial charge >= 0.3 is 0 Å². The van der Waals surface area contributed by atoms with E-state index in [-0.39, 0.29) is 0 Å². The molecule has 6 heteroatoms. The van der Waals surface area contributed by atoms with Crippen LogP contribution in [0.4, 0.5) is 0 Å². The van der Waals surface area contributed by atoms with Gasteiger partial charge in [-0.25, -0.2) is 0 Å². The monoisotopic (exact) mass is 391 g/mol. The fourth-order valence-electron chi connectivity index (χ4n) is 3.34. The normalized spacial score (nSPS) is 11.7. The van der Waals surface area contributed by atoms with Gasteiger partial charge < -0.3 is 10.1 Å². The molecule has 0 radical (unpaired) electrons. The van der Waals surface area contributed by atoms with Gasteiger partial charge in [0.1, 0.15) is 5.75 Å². The number of ether oxygens (including phenoxy) is 1. The molecule has 1 aromatic heterocycles. The molecule has 6 nitrogen and oxygen atoms in total. The van der Waals surface area contributed by atoms with Crippen LogP contribution in [0.2, 0.25) is 0 Å². The minimum Gasteiger partial charge on any atom is -0.494 e. The summed E-state index contributed by atoms with van der Waals surface area (Å²) in [5, 5.41) is 7.14. The quantitative estimate of drug-likeness (QED) is 0.494. The van der Waals surface area contributed by atoms with E-state index in [1.54, 1.807) is 25.6 Å². The van der Waals surface area contributed by atoms with Crippen molar-refractivity contribution in [2.24, 2.45) is 7.05 Å². The zero-order valence-electron chi connectivity index (χ0n) is 17.1. The number of carbonyl (C=O) groups is 2. The van der Waals surface area contributed by atoms with E-state index < -0.39 is 17.7 Å². The van der Waals surface area contributed by atoms with Crippen LogP contribution in [0.3, 0.4) is 0 Å². The van der Waals surface area contributed by atoms with Crippen molar-refractivity contribution in [1.29, 1.82) is 0 Å². The summed E-state index contributed by atoms with van der Waals surface area (Å²) >= 11 is 0. The molecule has 0 aliphatic heterocycles. The number of benzene rings is 2. The molecule has 150 valence electrons. The molecule has 0 bridgehead atoms. The summed E-state index contributed by atoms with van der Waals surface area (Å²) in [5.74, 6) is -0.487. The molecule has 0 aliphatic carbocycles. The topological polar surface area (TPSA) is 73.2 Å². The molecular formula is C23H25N3O3. The molecule has 0 saturated heterocycles. The Hall–Kier alpha value is -3.41. The molecule has 0 spiro atoms. The van der Waals surface area contributed by atoms with Crippen LogP contribution in [0.5, 0.6) is 5.75 Å². The first-order valence-corrected chi connectivity index (χ1v) is 9.55. The summed E-state index contributed by atoms with van der Waals surface area (Å²) in [6.45, 7) is 6.02. The second kappa shape index (κ2) is 8.73. The van der Waals surface area contributed by atoms with Crippen LogP contribution in [0, 0.1) is 13.8 Å². The summed E-state index contributed by atoms with van der Waals surface area (Å²) in [5.41, 5.74) is 3.31. The van der Waals surface area contributed by atoms with Gasteiger partial charge in [0.25, 0.3) is 11.7 Å². The smallest absolute Gasteiger partial charge is 0.293 e. The Bertz CT molecular complexity index is 1010. The molecule has 1 heterocycles. The number of hydrogen-bond donors (Lipinski definition) is 1. The zero-order chi connectivity index (χ0) is 21.0. The van der Waals surface area contributed by atoms with Crippen LogP contribution in [0.25, 0.3) is 0 Å². The SMILES string of the molecule is CCOc1ccc(C(NC(=O)C(=O)c2c(C)nn(C)c2C)c2ccccc2)cc1. The number of rotatable bonds is 7. The van der Waals surface area contributed by atoms with E-state index in [0.29, 0.717) is 23.6 Å². The third-order valence-electron chi connectivity index (χ3n) is 4.88.